The lowest BCUT2D eigenvalue weighted by molar-refractivity contribution is -0.124. The lowest BCUT2D eigenvalue weighted by Crippen LogP contribution is -2.38. The van der Waals surface area contributed by atoms with Gasteiger partial charge in [0.1, 0.15) is 5.75 Å². The van der Waals surface area contributed by atoms with Crippen molar-refractivity contribution in [2.75, 3.05) is 6.61 Å². The van der Waals surface area contributed by atoms with Gasteiger partial charge in [-0.1, -0.05) is 26.0 Å². The highest BCUT2D eigenvalue weighted by molar-refractivity contribution is 5.77. The third kappa shape index (κ3) is 4.89. The number of nitrogens with one attached hydrogen (secondary N) is 1. The van der Waals surface area contributed by atoms with Gasteiger partial charge >= 0.3 is 0 Å². The van der Waals surface area contributed by atoms with Crippen molar-refractivity contribution < 1.29 is 9.53 Å². The number of benzene rings is 1. The van der Waals surface area contributed by atoms with Crippen molar-refractivity contribution in [3.05, 3.63) is 29.8 Å². The number of hydrogen-bond donors (Lipinski definition) is 1. The third-order valence-corrected chi connectivity index (χ3v) is 2.75. The molecule has 1 aromatic rings. The van der Waals surface area contributed by atoms with E-state index in [9.17, 15) is 4.79 Å². The second-order valence-corrected chi connectivity index (χ2v) is 4.71. The lowest BCUT2D eigenvalue weighted by atomic mass is 10.1. The maximum Gasteiger partial charge on any atom is 0.258 e. The summed E-state index contributed by atoms with van der Waals surface area (Å²) < 4.78 is 5.42. The van der Waals surface area contributed by atoms with Gasteiger partial charge in [-0.25, -0.2) is 0 Å². The first-order valence-corrected chi connectivity index (χ1v) is 5.98. The van der Waals surface area contributed by atoms with Gasteiger partial charge in [0, 0.05) is 6.04 Å². The molecule has 94 valence electrons. The standard InChI is InChI=1S/C14H21NO2/c1-10(2)12(4)15-14(16)9-17-13-7-5-6-11(3)8-13/h5-8,10,12H,9H2,1-4H3,(H,15,16)/t12-/m0/s1. The fourth-order valence-electron chi connectivity index (χ4n) is 1.32. The maximum atomic E-state index is 11.6. The van der Waals surface area contributed by atoms with Gasteiger partial charge in [0.25, 0.3) is 5.91 Å². The monoisotopic (exact) mass is 235 g/mol. The summed E-state index contributed by atoms with van der Waals surface area (Å²) in [5, 5.41) is 2.90. The van der Waals surface area contributed by atoms with E-state index in [0.717, 1.165) is 11.3 Å². The zero-order chi connectivity index (χ0) is 12.8. The van der Waals surface area contributed by atoms with E-state index in [4.69, 9.17) is 4.74 Å². The minimum Gasteiger partial charge on any atom is -0.484 e. The van der Waals surface area contributed by atoms with Gasteiger partial charge in [-0.3, -0.25) is 4.79 Å². The molecule has 1 rings (SSSR count). The molecule has 1 atom stereocenters. The molecular weight excluding hydrogens is 214 g/mol. The minimum absolute atomic E-state index is 0.0700. The normalized spacial score (nSPS) is 12.3. The molecule has 0 saturated carbocycles. The van der Waals surface area contributed by atoms with E-state index >= 15 is 0 Å². The Morgan fingerprint density at radius 1 is 1.35 bits per heavy atom. The summed E-state index contributed by atoms with van der Waals surface area (Å²) in [7, 11) is 0. The van der Waals surface area contributed by atoms with Crippen molar-refractivity contribution >= 4 is 5.91 Å². The van der Waals surface area contributed by atoms with Crippen LogP contribution in [0.25, 0.3) is 0 Å². The molecule has 3 nitrogen and oxygen atoms in total. The first-order chi connectivity index (χ1) is 7.99. The Hall–Kier alpha value is -1.51. The lowest BCUT2D eigenvalue weighted by Gasteiger charge is -2.17. The highest BCUT2D eigenvalue weighted by atomic mass is 16.5. The van der Waals surface area contributed by atoms with Crippen LogP contribution < -0.4 is 10.1 Å². The van der Waals surface area contributed by atoms with Crippen LogP contribution in [-0.2, 0) is 4.79 Å². The average Bonchev–Trinajstić information content (AvgIpc) is 2.26. The summed E-state index contributed by atoms with van der Waals surface area (Å²) in [5.74, 6) is 1.09. The second-order valence-electron chi connectivity index (χ2n) is 4.71. The molecule has 1 N–H and O–H groups in total. The largest absolute Gasteiger partial charge is 0.484 e. The molecule has 3 heteroatoms. The van der Waals surface area contributed by atoms with Crippen LogP contribution in [0.3, 0.4) is 0 Å². The number of carbonyl (C=O) groups is 1. The molecule has 17 heavy (non-hydrogen) atoms. The van der Waals surface area contributed by atoms with E-state index in [-0.39, 0.29) is 18.6 Å². The van der Waals surface area contributed by atoms with Crippen LogP contribution in [-0.4, -0.2) is 18.6 Å². The molecule has 0 fully saturated rings. The van der Waals surface area contributed by atoms with E-state index in [2.05, 4.69) is 19.2 Å². The molecule has 0 saturated heterocycles. The van der Waals surface area contributed by atoms with E-state index in [1.165, 1.54) is 0 Å². The quantitative estimate of drug-likeness (QED) is 0.851. The zero-order valence-corrected chi connectivity index (χ0v) is 11.0. The number of hydrogen-bond acceptors (Lipinski definition) is 2. The molecular formula is C14H21NO2. The van der Waals surface area contributed by atoms with Crippen molar-refractivity contribution in [1.82, 2.24) is 5.32 Å². The highest BCUT2D eigenvalue weighted by Gasteiger charge is 2.10. The predicted molar refractivity (Wildman–Crippen MR) is 69.1 cm³/mol. The molecule has 0 unspecified atom stereocenters. The summed E-state index contributed by atoms with van der Waals surface area (Å²) in [6.07, 6.45) is 0. The Kier molecular flexibility index (Phi) is 5.01. The third-order valence-electron chi connectivity index (χ3n) is 2.75. The van der Waals surface area contributed by atoms with E-state index in [0.29, 0.717) is 5.92 Å². The first-order valence-electron chi connectivity index (χ1n) is 5.98. The maximum absolute atomic E-state index is 11.6. The number of rotatable bonds is 5. The minimum atomic E-state index is -0.0762. The Bertz CT molecular complexity index is 374. The Labute approximate surface area is 103 Å². The smallest absolute Gasteiger partial charge is 0.258 e. The summed E-state index contributed by atoms with van der Waals surface area (Å²) in [4.78, 5) is 11.6. The second kappa shape index (κ2) is 6.28. The molecule has 0 aromatic heterocycles. The zero-order valence-electron chi connectivity index (χ0n) is 11.0. The highest BCUT2D eigenvalue weighted by Crippen LogP contribution is 2.12. The van der Waals surface area contributed by atoms with Crippen LogP contribution in [0.15, 0.2) is 24.3 Å². The summed E-state index contributed by atoms with van der Waals surface area (Å²) in [6, 6.07) is 7.85. The molecule has 0 heterocycles. The van der Waals surface area contributed by atoms with Gasteiger partial charge in [-0.05, 0) is 37.5 Å². The van der Waals surface area contributed by atoms with Crippen molar-refractivity contribution in [2.45, 2.75) is 33.7 Å². The van der Waals surface area contributed by atoms with Crippen molar-refractivity contribution in [2.24, 2.45) is 5.92 Å². The van der Waals surface area contributed by atoms with Gasteiger partial charge in [-0.15, -0.1) is 0 Å². The summed E-state index contributed by atoms with van der Waals surface area (Å²) in [5.41, 5.74) is 1.12. The van der Waals surface area contributed by atoms with Crippen LogP contribution in [0.5, 0.6) is 5.75 Å². The summed E-state index contributed by atoms with van der Waals surface area (Å²) in [6.45, 7) is 8.21. The number of carbonyl (C=O) groups excluding carboxylic acids is 1. The first kappa shape index (κ1) is 13.6. The number of ether oxygens (including phenoxy) is 1. The van der Waals surface area contributed by atoms with Crippen molar-refractivity contribution in [1.29, 1.82) is 0 Å². The molecule has 1 aromatic carbocycles. The van der Waals surface area contributed by atoms with Crippen LogP contribution in [0.4, 0.5) is 0 Å². The fourth-order valence-corrected chi connectivity index (χ4v) is 1.32. The molecule has 0 spiro atoms. The molecule has 1 amide bonds. The molecule has 0 aliphatic rings. The number of amides is 1. The Morgan fingerprint density at radius 3 is 2.65 bits per heavy atom. The van der Waals surface area contributed by atoms with Crippen LogP contribution >= 0.6 is 0 Å². The Morgan fingerprint density at radius 2 is 2.06 bits per heavy atom. The predicted octanol–water partition coefficient (Wildman–Crippen LogP) is 2.53. The average molecular weight is 235 g/mol. The SMILES string of the molecule is Cc1cccc(OCC(=O)N[C@@H](C)C(C)C)c1. The van der Waals surface area contributed by atoms with E-state index < -0.39 is 0 Å². The summed E-state index contributed by atoms with van der Waals surface area (Å²) >= 11 is 0. The topological polar surface area (TPSA) is 38.3 Å². The van der Waals surface area contributed by atoms with Crippen LogP contribution in [0.1, 0.15) is 26.3 Å². The van der Waals surface area contributed by atoms with Gasteiger partial charge < -0.3 is 10.1 Å². The van der Waals surface area contributed by atoms with Crippen LogP contribution in [0.2, 0.25) is 0 Å². The van der Waals surface area contributed by atoms with Crippen molar-refractivity contribution in [3.8, 4) is 5.75 Å². The molecule has 0 aliphatic heterocycles. The fraction of sp³-hybridized carbons (Fsp3) is 0.500. The van der Waals surface area contributed by atoms with Gasteiger partial charge in [0.15, 0.2) is 6.61 Å². The molecule has 0 radical (unpaired) electrons. The molecule has 0 bridgehead atoms. The van der Waals surface area contributed by atoms with Crippen LogP contribution in [0, 0.1) is 12.8 Å². The van der Waals surface area contributed by atoms with E-state index in [1.54, 1.807) is 0 Å². The Balaban J connectivity index is 2.38. The van der Waals surface area contributed by atoms with Gasteiger partial charge in [0.05, 0.1) is 0 Å². The van der Waals surface area contributed by atoms with E-state index in [1.807, 2.05) is 38.1 Å². The number of aryl methyl sites for hydroxylation is 1. The molecule has 0 aliphatic carbocycles. The van der Waals surface area contributed by atoms with Crippen molar-refractivity contribution in [3.63, 3.8) is 0 Å². The van der Waals surface area contributed by atoms with Gasteiger partial charge in [0.2, 0.25) is 0 Å². The van der Waals surface area contributed by atoms with Gasteiger partial charge in [-0.2, -0.15) is 0 Å².